The Labute approximate surface area is 142 Å². The van der Waals surface area contributed by atoms with E-state index in [1.165, 1.54) is 23.5 Å². The number of rotatable bonds is 4. The van der Waals surface area contributed by atoms with Crippen LogP contribution in [0.1, 0.15) is 47.4 Å². The molecule has 2 aliphatic rings. The Kier molecular flexibility index (Phi) is 3.23. The number of H-pyrrole nitrogens is 1. The predicted octanol–water partition coefficient (Wildman–Crippen LogP) is 1.97. The van der Waals surface area contributed by atoms with E-state index < -0.39 is 0 Å². The lowest BCUT2D eigenvalue weighted by molar-refractivity contribution is 0.161. The molecule has 1 atom stereocenters. The zero-order valence-corrected chi connectivity index (χ0v) is 14.2. The van der Waals surface area contributed by atoms with E-state index in [0.29, 0.717) is 17.8 Å². The van der Waals surface area contributed by atoms with Crippen molar-refractivity contribution in [3.8, 4) is 11.5 Å². The van der Waals surface area contributed by atoms with Crippen LogP contribution in [0.4, 0.5) is 0 Å². The maximum Gasteiger partial charge on any atom is 0.221 e. The molecule has 0 aromatic carbocycles. The van der Waals surface area contributed by atoms with Crippen LogP contribution in [0.5, 0.6) is 0 Å². The van der Waals surface area contributed by atoms with Crippen molar-refractivity contribution in [3.05, 3.63) is 27.8 Å². The fourth-order valence-corrected chi connectivity index (χ4v) is 4.43. The molecule has 3 aromatic rings. The number of aromatic nitrogens is 7. The van der Waals surface area contributed by atoms with Gasteiger partial charge in [0, 0.05) is 30.7 Å². The molecule has 124 valence electrons. The summed E-state index contributed by atoms with van der Waals surface area (Å²) >= 11 is 1.78. The average Bonchev–Trinajstić information content (AvgIpc) is 3.03. The summed E-state index contributed by atoms with van der Waals surface area (Å²) in [5.74, 6) is 1.34. The molecule has 5 rings (SSSR count). The van der Waals surface area contributed by atoms with Crippen molar-refractivity contribution < 1.29 is 0 Å². The minimum absolute atomic E-state index is 0.327. The molecular formula is C15H18N8S. The highest BCUT2D eigenvalue weighted by molar-refractivity contribution is 7.11. The topological polar surface area (TPSA) is 88.4 Å². The van der Waals surface area contributed by atoms with E-state index in [4.69, 9.17) is 0 Å². The number of nitrogens with zero attached hydrogens (tertiary/aromatic N) is 7. The monoisotopic (exact) mass is 342 g/mol. The summed E-state index contributed by atoms with van der Waals surface area (Å²) in [6.45, 7) is 5.01. The maximum atomic E-state index is 4.40. The largest absolute Gasteiger partial charge is 0.339 e. The van der Waals surface area contributed by atoms with Gasteiger partial charge >= 0.3 is 0 Å². The van der Waals surface area contributed by atoms with Gasteiger partial charge in [-0.25, -0.2) is 0 Å². The van der Waals surface area contributed by atoms with E-state index in [1.807, 2.05) is 0 Å². The molecule has 0 bridgehead atoms. The first-order chi connectivity index (χ1) is 11.8. The van der Waals surface area contributed by atoms with Crippen LogP contribution < -0.4 is 0 Å². The summed E-state index contributed by atoms with van der Waals surface area (Å²) in [5, 5.41) is 25.5. The van der Waals surface area contributed by atoms with Crippen molar-refractivity contribution in [3.63, 3.8) is 0 Å². The number of hydrogen-bond acceptors (Lipinski definition) is 7. The number of tetrazole rings is 1. The minimum atomic E-state index is 0.327. The SMILES string of the molecule is CC1c2ccc(-c3nn[nH]n3)n2CCN1Cc1nnc(C2CC2)s1. The van der Waals surface area contributed by atoms with E-state index in [0.717, 1.165) is 30.3 Å². The molecule has 9 heteroatoms. The summed E-state index contributed by atoms with van der Waals surface area (Å²) in [7, 11) is 0. The normalized spacial score (nSPS) is 21.1. The van der Waals surface area contributed by atoms with E-state index in [1.54, 1.807) is 11.3 Å². The zero-order valence-electron chi connectivity index (χ0n) is 13.4. The molecule has 1 unspecified atom stereocenters. The van der Waals surface area contributed by atoms with E-state index in [9.17, 15) is 0 Å². The van der Waals surface area contributed by atoms with Crippen LogP contribution in [0.2, 0.25) is 0 Å². The third kappa shape index (κ3) is 2.35. The predicted molar refractivity (Wildman–Crippen MR) is 88.3 cm³/mol. The highest BCUT2D eigenvalue weighted by Gasteiger charge is 2.30. The van der Waals surface area contributed by atoms with Gasteiger partial charge in [0.25, 0.3) is 0 Å². The molecule has 1 saturated carbocycles. The molecule has 0 radical (unpaired) electrons. The molecule has 3 aromatic heterocycles. The Morgan fingerprint density at radius 3 is 2.92 bits per heavy atom. The van der Waals surface area contributed by atoms with E-state index in [2.05, 4.69) is 59.3 Å². The van der Waals surface area contributed by atoms with Gasteiger partial charge in [-0.3, -0.25) is 4.90 Å². The van der Waals surface area contributed by atoms with Crippen LogP contribution in [0.25, 0.3) is 11.5 Å². The average molecular weight is 342 g/mol. The van der Waals surface area contributed by atoms with Crippen molar-refractivity contribution in [2.24, 2.45) is 0 Å². The lowest BCUT2D eigenvalue weighted by atomic mass is 10.1. The van der Waals surface area contributed by atoms with E-state index in [-0.39, 0.29) is 0 Å². The summed E-state index contributed by atoms with van der Waals surface area (Å²) in [6.07, 6.45) is 2.56. The number of nitrogens with one attached hydrogen (secondary N) is 1. The Morgan fingerprint density at radius 1 is 1.21 bits per heavy atom. The van der Waals surface area contributed by atoms with Gasteiger partial charge in [-0.05, 0) is 37.1 Å². The highest BCUT2D eigenvalue weighted by atomic mass is 32.1. The Morgan fingerprint density at radius 2 is 2.12 bits per heavy atom. The molecule has 1 aliphatic carbocycles. The summed E-state index contributed by atoms with van der Waals surface area (Å²) in [6, 6.07) is 4.57. The molecule has 1 N–H and O–H groups in total. The van der Waals surface area contributed by atoms with Crippen molar-refractivity contribution in [1.29, 1.82) is 0 Å². The van der Waals surface area contributed by atoms with Crippen LogP contribution in [-0.2, 0) is 13.1 Å². The van der Waals surface area contributed by atoms with Gasteiger partial charge in [0.2, 0.25) is 5.82 Å². The van der Waals surface area contributed by atoms with Crippen LogP contribution in [-0.4, -0.2) is 46.8 Å². The third-order valence-corrected chi connectivity index (χ3v) is 5.99. The van der Waals surface area contributed by atoms with Crippen LogP contribution in [0.15, 0.2) is 12.1 Å². The second-order valence-corrected chi connectivity index (χ2v) is 7.58. The van der Waals surface area contributed by atoms with Gasteiger partial charge < -0.3 is 4.57 Å². The smallest absolute Gasteiger partial charge is 0.221 e. The van der Waals surface area contributed by atoms with Gasteiger partial charge in [-0.2, -0.15) is 5.21 Å². The quantitative estimate of drug-likeness (QED) is 0.780. The van der Waals surface area contributed by atoms with Crippen LogP contribution in [0.3, 0.4) is 0 Å². The van der Waals surface area contributed by atoms with Gasteiger partial charge in [0.15, 0.2) is 0 Å². The summed E-state index contributed by atoms with van der Waals surface area (Å²) in [5.41, 5.74) is 2.31. The van der Waals surface area contributed by atoms with Crippen LogP contribution >= 0.6 is 11.3 Å². The van der Waals surface area contributed by atoms with Gasteiger partial charge in [0.1, 0.15) is 10.0 Å². The molecule has 0 spiro atoms. The van der Waals surface area contributed by atoms with Crippen LogP contribution in [0, 0.1) is 0 Å². The first-order valence-corrected chi connectivity index (χ1v) is 9.11. The van der Waals surface area contributed by atoms with Crippen molar-refractivity contribution in [2.45, 2.75) is 44.8 Å². The first kappa shape index (κ1) is 14.2. The second-order valence-electron chi connectivity index (χ2n) is 6.49. The number of aromatic amines is 1. The minimum Gasteiger partial charge on any atom is -0.339 e. The van der Waals surface area contributed by atoms with Crippen molar-refractivity contribution >= 4 is 11.3 Å². The molecular weight excluding hydrogens is 324 g/mol. The Balaban J connectivity index is 1.37. The lowest BCUT2D eigenvalue weighted by Crippen LogP contribution is -2.36. The number of hydrogen-bond donors (Lipinski definition) is 1. The summed E-state index contributed by atoms with van der Waals surface area (Å²) in [4.78, 5) is 2.46. The standard InChI is InChI=1S/C15H18N8S/c1-9-11-4-5-12(14-17-20-21-18-14)23(11)7-6-22(9)8-13-16-19-15(24-13)10-2-3-10/h4-5,9-10H,2-3,6-8H2,1H3,(H,17,18,20,21). The molecule has 8 nitrogen and oxygen atoms in total. The molecule has 1 fully saturated rings. The fraction of sp³-hybridized carbons (Fsp3) is 0.533. The zero-order chi connectivity index (χ0) is 16.1. The summed E-state index contributed by atoms with van der Waals surface area (Å²) < 4.78 is 2.29. The third-order valence-electron chi connectivity index (χ3n) is 4.92. The van der Waals surface area contributed by atoms with Gasteiger partial charge in [-0.15, -0.1) is 20.4 Å². The Hall–Kier alpha value is -2.13. The molecule has 4 heterocycles. The highest BCUT2D eigenvalue weighted by Crippen LogP contribution is 2.41. The van der Waals surface area contributed by atoms with Gasteiger partial charge in [-0.1, -0.05) is 11.3 Å². The first-order valence-electron chi connectivity index (χ1n) is 8.29. The lowest BCUT2D eigenvalue weighted by Gasteiger charge is -2.34. The second kappa shape index (κ2) is 5.45. The fourth-order valence-electron chi connectivity index (χ4n) is 3.39. The van der Waals surface area contributed by atoms with E-state index >= 15 is 0 Å². The maximum absolute atomic E-state index is 4.40. The molecule has 0 amide bonds. The number of fused-ring (bicyclic) bond motifs is 1. The van der Waals surface area contributed by atoms with Crippen molar-refractivity contribution in [2.75, 3.05) is 6.54 Å². The Bertz CT molecular complexity index is 847. The molecule has 24 heavy (non-hydrogen) atoms. The molecule has 0 saturated heterocycles. The molecule has 1 aliphatic heterocycles. The van der Waals surface area contributed by atoms with Gasteiger partial charge in [0.05, 0.1) is 12.2 Å². The van der Waals surface area contributed by atoms with Crippen molar-refractivity contribution in [1.82, 2.24) is 40.3 Å².